The maximum atomic E-state index is 12.2. The quantitative estimate of drug-likeness (QED) is 0.0735. The standard InChI is InChI=1S/C43H81NO5Si2/c1-18-19-22-31(3)39(47-41(44)46)35(7)40(49-51(16,17)43(11,12)13)34(6)28-30(2)27-33(5)38(48-50(14,15)42(8,9)10)32(4)25-26-37(45)29-36-23-20-21-24-36/h18-19,22,25-27,31-40,45H,1,20-21,23-24,28-29H2,2-17H3,(H2,44,46)/t31-,32-,33-,34?,35?,37?,38-,39?,40?/m0/s1. The van der Waals surface area contributed by atoms with Crippen molar-refractivity contribution in [3.8, 4) is 0 Å². The van der Waals surface area contributed by atoms with Crippen LogP contribution < -0.4 is 5.73 Å². The zero-order valence-corrected chi connectivity index (χ0v) is 37.8. The normalized spacial score (nSPS) is 21.2. The molecular weight excluding hydrogens is 667 g/mol. The first kappa shape index (κ1) is 47.6. The second-order valence-corrected chi connectivity index (χ2v) is 28.7. The molecule has 0 aromatic heterocycles. The van der Waals surface area contributed by atoms with E-state index in [4.69, 9.17) is 19.3 Å². The van der Waals surface area contributed by atoms with E-state index in [2.05, 4.69) is 128 Å². The Bertz CT molecular complexity index is 1160. The molecule has 3 N–H and O–H groups in total. The number of carbonyl (C=O) groups excluding carboxylic acids is 1. The summed E-state index contributed by atoms with van der Waals surface area (Å²) in [5.41, 5.74) is 6.92. The van der Waals surface area contributed by atoms with E-state index in [-0.39, 0.29) is 51.9 Å². The molecule has 0 spiro atoms. The molecule has 8 heteroatoms. The Hall–Kier alpha value is -1.46. The SMILES string of the molecule is C=CC=C[C@H](C)C(OC(N)=O)C(C)C(O[Si](C)(C)C(C)(C)C)C(C)CC(C)=C[C@H](C)[C@@H](O[Si](C)(C)C(C)(C)C)[C@@H](C)C=CC(O)CC1CCCC1. The number of primary amides is 1. The van der Waals surface area contributed by atoms with Gasteiger partial charge in [0.1, 0.15) is 6.10 Å². The van der Waals surface area contributed by atoms with Crippen LogP contribution in [0.15, 0.2) is 48.6 Å². The van der Waals surface area contributed by atoms with E-state index in [0.717, 1.165) is 12.8 Å². The van der Waals surface area contributed by atoms with Crippen molar-refractivity contribution in [1.29, 1.82) is 0 Å². The molecule has 1 fully saturated rings. The second kappa shape index (κ2) is 20.3. The molecule has 9 atom stereocenters. The van der Waals surface area contributed by atoms with Gasteiger partial charge in [-0.2, -0.15) is 0 Å². The summed E-state index contributed by atoms with van der Waals surface area (Å²) in [7, 11) is -4.29. The van der Waals surface area contributed by atoms with Gasteiger partial charge < -0.3 is 24.4 Å². The lowest BCUT2D eigenvalue weighted by Gasteiger charge is -2.45. The number of hydrogen-bond acceptors (Lipinski definition) is 5. The molecule has 1 aliphatic rings. The zero-order chi connectivity index (χ0) is 39.5. The van der Waals surface area contributed by atoms with Gasteiger partial charge in [0.25, 0.3) is 0 Å². The monoisotopic (exact) mass is 748 g/mol. The maximum Gasteiger partial charge on any atom is 0.404 e. The summed E-state index contributed by atoms with van der Waals surface area (Å²) in [6.07, 6.45) is 17.2. The summed E-state index contributed by atoms with van der Waals surface area (Å²) < 4.78 is 20.2. The molecule has 296 valence electrons. The molecule has 51 heavy (non-hydrogen) atoms. The molecular formula is C43H81NO5Si2. The van der Waals surface area contributed by atoms with Crippen molar-refractivity contribution in [2.75, 3.05) is 0 Å². The number of aliphatic hydroxyl groups excluding tert-OH is 1. The Morgan fingerprint density at radius 3 is 1.78 bits per heavy atom. The van der Waals surface area contributed by atoms with Crippen molar-refractivity contribution in [3.63, 3.8) is 0 Å². The lowest BCUT2D eigenvalue weighted by molar-refractivity contribution is -0.0207. The van der Waals surface area contributed by atoms with E-state index >= 15 is 0 Å². The molecule has 0 heterocycles. The number of allylic oxidation sites excluding steroid dienone is 3. The minimum Gasteiger partial charge on any atom is -0.445 e. The number of carbonyl (C=O) groups is 1. The van der Waals surface area contributed by atoms with Crippen molar-refractivity contribution < 1.29 is 23.5 Å². The van der Waals surface area contributed by atoms with Crippen LogP contribution in [0.4, 0.5) is 4.79 Å². The van der Waals surface area contributed by atoms with Crippen molar-refractivity contribution in [3.05, 3.63) is 48.6 Å². The van der Waals surface area contributed by atoms with E-state index < -0.39 is 34.9 Å². The summed E-state index contributed by atoms with van der Waals surface area (Å²) >= 11 is 0. The summed E-state index contributed by atoms with van der Waals surface area (Å²) in [5.74, 6) is 0.911. The van der Waals surface area contributed by atoms with Gasteiger partial charge in [0.15, 0.2) is 16.6 Å². The minimum atomic E-state index is -2.20. The third-order valence-electron chi connectivity index (χ3n) is 12.3. The van der Waals surface area contributed by atoms with Crippen LogP contribution in [0.1, 0.15) is 122 Å². The fraction of sp³-hybridized carbons (Fsp3) is 0.791. The van der Waals surface area contributed by atoms with Crippen molar-refractivity contribution in [2.24, 2.45) is 41.2 Å². The Labute approximate surface area is 317 Å². The molecule has 1 aliphatic carbocycles. The molecule has 1 saturated carbocycles. The van der Waals surface area contributed by atoms with Crippen LogP contribution in [0.2, 0.25) is 36.3 Å². The van der Waals surface area contributed by atoms with Gasteiger partial charge in [-0.25, -0.2) is 4.79 Å². The Morgan fingerprint density at radius 1 is 0.824 bits per heavy atom. The predicted octanol–water partition coefficient (Wildman–Crippen LogP) is 12.0. The predicted molar refractivity (Wildman–Crippen MR) is 224 cm³/mol. The molecule has 0 bridgehead atoms. The molecule has 6 nitrogen and oxygen atoms in total. The first-order valence-electron chi connectivity index (χ1n) is 19.9. The van der Waals surface area contributed by atoms with Crippen molar-refractivity contribution in [1.82, 2.24) is 0 Å². The summed E-state index contributed by atoms with van der Waals surface area (Å²) in [4.78, 5) is 12.2. The van der Waals surface area contributed by atoms with Crippen LogP contribution in [0, 0.1) is 35.5 Å². The molecule has 0 radical (unpaired) electrons. The first-order valence-corrected chi connectivity index (χ1v) is 25.7. The van der Waals surface area contributed by atoms with Crippen molar-refractivity contribution in [2.45, 2.75) is 182 Å². The third kappa shape index (κ3) is 15.4. The van der Waals surface area contributed by atoms with E-state index in [1.54, 1.807) is 6.08 Å². The topological polar surface area (TPSA) is 91.0 Å². The minimum absolute atomic E-state index is 0.0150. The molecule has 1 rings (SSSR count). The van der Waals surface area contributed by atoms with E-state index in [0.29, 0.717) is 5.92 Å². The number of nitrogens with two attached hydrogens (primary N) is 1. The van der Waals surface area contributed by atoms with Gasteiger partial charge in [-0.15, -0.1) is 0 Å². The lowest BCUT2D eigenvalue weighted by atomic mass is 9.81. The van der Waals surface area contributed by atoms with Gasteiger partial charge in [-0.05, 0) is 79.7 Å². The van der Waals surface area contributed by atoms with E-state index in [9.17, 15) is 9.90 Å². The highest BCUT2D eigenvalue weighted by atomic mass is 28.4. The average molecular weight is 748 g/mol. The highest BCUT2D eigenvalue weighted by Gasteiger charge is 2.44. The molecule has 0 aromatic carbocycles. The van der Waals surface area contributed by atoms with Crippen LogP contribution in [0.5, 0.6) is 0 Å². The lowest BCUT2D eigenvalue weighted by Crippen LogP contribution is -2.50. The molecule has 5 unspecified atom stereocenters. The Balaban J connectivity index is 3.47. The molecule has 0 aromatic rings. The number of rotatable bonds is 20. The van der Waals surface area contributed by atoms with Gasteiger partial charge >= 0.3 is 6.09 Å². The fourth-order valence-corrected chi connectivity index (χ4v) is 10.1. The maximum absolute atomic E-state index is 12.2. The Kier molecular flexibility index (Phi) is 18.9. The number of hydrogen-bond donors (Lipinski definition) is 2. The Morgan fingerprint density at radius 2 is 1.31 bits per heavy atom. The van der Waals surface area contributed by atoms with Crippen molar-refractivity contribution >= 4 is 22.7 Å². The van der Waals surface area contributed by atoms with Gasteiger partial charge in [-0.1, -0.05) is 150 Å². The average Bonchev–Trinajstić information content (AvgIpc) is 3.50. The fourth-order valence-electron chi connectivity index (χ4n) is 7.16. The zero-order valence-electron chi connectivity index (χ0n) is 35.8. The number of amides is 1. The van der Waals surface area contributed by atoms with Gasteiger partial charge in [0.2, 0.25) is 0 Å². The smallest absolute Gasteiger partial charge is 0.404 e. The van der Waals surface area contributed by atoms with E-state index in [1.165, 1.54) is 31.3 Å². The highest BCUT2D eigenvalue weighted by molar-refractivity contribution is 6.74. The largest absolute Gasteiger partial charge is 0.445 e. The summed E-state index contributed by atoms with van der Waals surface area (Å²) in [6, 6.07) is 0. The van der Waals surface area contributed by atoms with Gasteiger partial charge in [0, 0.05) is 11.8 Å². The van der Waals surface area contributed by atoms with Gasteiger partial charge in [-0.3, -0.25) is 0 Å². The van der Waals surface area contributed by atoms with Crippen LogP contribution in [-0.4, -0.2) is 52.3 Å². The van der Waals surface area contributed by atoms with E-state index in [1.807, 2.05) is 18.2 Å². The molecule has 0 saturated heterocycles. The van der Waals surface area contributed by atoms with Crippen LogP contribution in [0.25, 0.3) is 0 Å². The highest BCUT2D eigenvalue weighted by Crippen LogP contribution is 2.42. The second-order valence-electron chi connectivity index (χ2n) is 19.2. The van der Waals surface area contributed by atoms with Crippen LogP contribution in [0.3, 0.4) is 0 Å². The van der Waals surface area contributed by atoms with Crippen LogP contribution in [-0.2, 0) is 13.6 Å². The van der Waals surface area contributed by atoms with Crippen LogP contribution >= 0.6 is 0 Å². The third-order valence-corrected chi connectivity index (χ3v) is 21.3. The molecule has 1 amide bonds. The van der Waals surface area contributed by atoms with Gasteiger partial charge in [0.05, 0.1) is 18.3 Å². The molecule has 0 aliphatic heterocycles. The summed E-state index contributed by atoms with van der Waals surface area (Å²) in [5, 5.41) is 11.0. The summed E-state index contributed by atoms with van der Waals surface area (Å²) in [6.45, 7) is 39.9. The first-order chi connectivity index (χ1) is 23.2. The number of aliphatic hydroxyl groups is 1. The number of ether oxygens (including phenoxy) is 1.